The van der Waals surface area contributed by atoms with Crippen molar-refractivity contribution in [2.45, 2.75) is 26.3 Å². The number of carbonyl (C=O) groups is 1. The summed E-state index contributed by atoms with van der Waals surface area (Å²) in [7, 11) is 0. The third kappa shape index (κ3) is 5.22. The fourth-order valence-electron chi connectivity index (χ4n) is 2.83. The van der Waals surface area contributed by atoms with Crippen LogP contribution in [0.25, 0.3) is 11.4 Å². The van der Waals surface area contributed by atoms with Gasteiger partial charge in [-0.1, -0.05) is 36.5 Å². The molecule has 8 heteroatoms. The Balaban J connectivity index is 1.95. The first-order valence-electron chi connectivity index (χ1n) is 8.99. The number of nitrogens with one attached hydrogen (secondary N) is 1. The van der Waals surface area contributed by atoms with Crippen molar-refractivity contribution in [3.05, 3.63) is 80.4 Å². The molecule has 29 heavy (non-hydrogen) atoms. The van der Waals surface area contributed by atoms with Crippen LogP contribution >= 0.6 is 23.2 Å². The van der Waals surface area contributed by atoms with E-state index in [9.17, 15) is 14.0 Å². The van der Waals surface area contributed by atoms with E-state index in [2.05, 4.69) is 10.3 Å². The van der Waals surface area contributed by atoms with E-state index in [0.717, 1.165) is 12.5 Å². The third-order valence-electron chi connectivity index (χ3n) is 4.18. The summed E-state index contributed by atoms with van der Waals surface area (Å²) < 4.78 is 15.2. The molecule has 0 aliphatic carbocycles. The Morgan fingerprint density at radius 1 is 1.10 bits per heavy atom. The summed E-state index contributed by atoms with van der Waals surface area (Å²) in [5.41, 5.74) is 0.911. The number of rotatable bonds is 6. The standard InChI is InChI=1S/C21H18Cl2FN3O2/c1-2-3-16-11-20(29)27(21(25-16)13-4-6-14(22)7-5-13)12-19(28)26-18-9-8-15(23)10-17(18)24/h4-11H,2-3,12H2,1H3,(H,26,28). The van der Waals surface area contributed by atoms with Crippen molar-refractivity contribution in [2.24, 2.45) is 0 Å². The number of hydrogen-bond donors (Lipinski definition) is 1. The normalized spacial score (nSPS) is 10.8. The first-order chi connectivity index (χ1) is 13.9. The fraction of sp³-hybridized carbons (Fsp3) is 0.190. The van der Waals surface area contributed by atoms with Gasteiger partial charge in [0.25, 0.3) is 5.56 Å². The van der Waals surface area contributed by atoms with Crippen molar-refractivity contribution >= 4 is 34.8 Å². The maximum atomic E-state index is 14.0. The Morgan fingerprint density at radius 3 is 2.45 bits per heavy atom. The third-order valence-corrected chi connectivity index (χ3v) is 4.66. The summed E-state index contributed by atoms with van der Waals surface area (Å²) in [6.45, 7) is 1.67. The number of hydrogen-bond acceptors (Lipinski definition) is 3. The van der Waals surface area contributed by atoms with Crippen LogP contribution in [0.3, 0.4) is 0 Å². The highest BCUT2D eigenvalue weighted by Gasteiger charge is 2.15. The number of benzene rings is 2. The van der Waals surface area contributed by atoms with E-state index in [1.54, 1.807) is 24.3 Å². The molecule has 150 valence electrons. The molecule has 3 rings (SSSR count). The molecule has 0 saturated heterocycles. The second-order valence-corrected chi connectivity index (χ2v) is 7.30. The number of halogens is 3. The quantitative estimate of drug-likeness (QED) is 0.597. The lowest BCUT2D eigenvalue weighted by atomic mass is 10.2. The first kappa shape index (κ1) is 21.0. The SMILES string of the molecule is CCCc1cc(=O)n(CC(=O)Nc2ccc(Cl)cc2F)c(-c2ccc(Cl)cc2)n1. The Kier molecular flexibility index (Phi) is 6.67. The minimum Gasteiger partial charge on any atom is -0.322 e. The van der Waals surface area contributed by atoms with Crippen LogP contribution in [0.5, 0.6) is 0 Å². The van der Waals surface area contributed by atoms with Crippen molar-refractivity contribution in [3.63, 3.8) is 0 Å². The Hall–Kier alpha value is -2.70. The highest BCUT2D eigenvalue weighted by Crippen LogP contribution is 2.21. The van der Waals surface area contributed by atoms with Gasteiger partial charge in [0.15, 0.2) is 0 Å². The lowest BCUT2D eigenvalue weighted by molar-refractivity contribution is -0.116. The molecule has 0 unspecified atom stereocenters. The van der Waals surface area contributed by atoms with Crippen molar-refractivity contribution < 1.29 is 9.18 Å². The number of aryl methyl sites for hydroxylation is 1. The van der Waals surface area contributed by atoms with E-state index >= 15 is 0 Å². The van der Waals surface area contributed by atoms with Gasteiger partial charge in [0, 0.05) is 27.4 Å². The maximum absolute atomic E-state index is 14.0. The highest BCUT2D eigenvalue weighted by molar-refractivity contribution is 6.30. The Morgan fingerprint density at radius 2 is 1.79 bits per heavy atom. The summed E-state index contributed by atoms with van der Waals surface area (Å²) >= 11 is 11.7. The molecule has 0 saturated carbocycles. The van der Waals surface area contributed by atoms with Gasteiger partial charge in [-0.15, -0.1) is 0 Å². The molecule has 1 aromatic heterocycles. The van der Waals surface area contributed by atoms with E-state index in [1.165, 1.54) is 22.8 Å². The van der Waals surface area contributed by atoms with Crippen LogP contribution in [0.4, 0.5) is 10.1 Å². The van der Waals surface area contributed by atoms with Crippen LogP contribution in [0.1, 0.15) is 19.0 Å². The lowest BCUT2D eigenvalue weighted by Gasteiger charge is -2.14. The van der Waals surface area contributed by atoms with Crippen molar-refractivity contribution in [1.82, 2.24) is 9.55 Å². The molecule has 1 amide bonds. The van der Waals surface area contributed by atoms with Gasteiger partial charge in [-0.3, -0.25) is 14.2 Å². The van der Waals surface area contributed by atoms with Crippen LogP contribution < -0.4 is 10.9 Å². The van der Waals surface area contributed by atoms with E-state index in [4.69, 9.17) is 23.2 Å². The van der Waals surface area contributed by atoms with Gasteiger partial charge in [0.05, 0.1) is 5.69 Å². The van der Waals surface area contributed by atoms with E-state index in [1.807, 2.05) is 6.92 Å². The van der Waals surface area contributed by atoms with Gasteiger partial charge < -0.3 is 5.32 Å². The number of amides is 1. The topological polar surface area (TPSA) is 64.0 Å². The van der Waals surface area contributed by atoms with Crippen molar-refractivity contribution in [1.29, 1.82) is 0 Å². The van der Waals surface area contributed by atoms with Crippen LogP contribution in [-0.2, 0) is 17.8 Å². The lowest BCUT2D eigenvalue weighted by Crippen LogP contribution is -2.30. The number of aromatic nitrogens is 2. The van der Waals surface area contributed by atoms with Gasteiger partial charge >= 0.3 is 0 Å². The summed E-state index contributed by atoms with van der Waals surface area (Å²) in [6, 6.07) is 12.2. The molecule has 0 aliphatic rings. The minimum atomic E-state index is -0.660. The maximum Gasteiger partial charge on any atom is 0.254 e. The van der Waals surface area contributed by atoms with Gasteiger partial charge in [0.1, 0.15) is 18.2 Å². The largest absolute Gasteiger partial charge is 0.322 e. The molecular formula is C21H18Cl2FN3O2. The molecule has 0 bridgehead atoms. The van der Waals surface area contributed by atoms with E-state index in [0.29, 0.717) is 28.5 Å². The van der Waals surface area contributed by atoms with Gasteiger partial charge in [-0.25, -0.2) is 9.37 Å². The van der Waals surface area contributed by atoms with Crippen LogP contribution in [0, 0.1) is 5.82 Å². The van der Waals surface area contributed by atoms with Crippen molar-refractivity contribution in [2.75, 3.05) is 5.32 Å². The summed E-state index contributed by atoms with van der Waals surface area (Å²) in [6.07, 6.45) is 1.46. The number of nitrogens with zero attached hydrogens (tertiary/aromatic N) is 2. The predicted molar refractivity (Wildman–Crippen MR) is 113 cm³/mol. The zero-order valence-corrected chi connectivity index (χ0v) is 17.1. The molecule has 0 spiro atoms. The second-order valence-electron chi connectivity index (χ2n) is 6.42. The Bertz CT molecular complexity index is 1100. The highest BCUT2D eigenvalue weighted by atomic mass is 35.5. The van der Waals surface area contributed by atoms with Crippen LogP contribution in [0.2, 0.25) is 10.0 Å². The molecule has 3 aromatic rings. The number of carbonyl (C=O) groups excluding carboxylic acids is 1. The summed E-state index contributed by atoms with van der Waals surface area (Å²) in [4.78, 5) is 29.8. The molecule has 0 fully saturated rings. The van der Waals surface area contributed by atoms with Crippen LogP contribution in [0.15, 0.2) is 53.3 Å². The second kappa shape index (κ2) is 9.20. The van der Waals surface area contributed by atoms with Crippen molar-refractivity contribution in [3.8, 4) is 11.4 Å². The molecule has 0 atom stereocenters. The molecule has 1 heterocycles. The fourth-order valence-corrected chi connectivity index (χ4v) is 3.12. The van der Waals surface area contributed by atoms with Gasteiger partial charge in [-0.05, 0) is 48.9 Å². The van der Waals surface area contributed by atoms with Gasteiger partial charge in [-0.2, -0.15) is 0 Å². The van der Waals surface area contributed by atoms with E-state index < -0.39 is 11.7 Å². The summed E-state index contributed by atoms with van der Waals surface area (Å²) in [5.74, 6) is -0.870. The predicted octanol–water partition coefficient (Wildman–Crippen LogP) is 4.95. The zero-order chi connectivity index (χ0) is 21.0. The zero-order valence-electron chi connectivity index (χ0n) is 15.6. The molecular weight excluding hydrogens is 416 g/mol. The monoisotopic (exact) mass is 433 g/mol. The number of anilines is 1. The molecule has 0 radical (unpaired) electrons. The van der Waals surface area contributed by atoms with Crippen LogP contribution in [-0.4, -0.2) is 15.5 Å². The minimum absolute atomic E-state index is 0.0175. The molecule has 5 nitrogen and oxygen atoms in total. The van der Waals surface area contributed by atoms with E-state index in [-0.39, 0.29) is 22.8 Å². The summed E-state index contributed by atoms with van der Waals surface area (Å²) in [5, 5.41) is 3.22. The smallest absolute Gasteiger partial charge is 0.254 e. The average Bonchev–Trinajstić information content (AvgIpc) is 2.67. The average molecular weight is 434 g/mol. The van der Waals surface area contributed by atoms with Gasteiger partial charge in [0.2, 0.25) is 5.91 Å². The molecule has 1 N–H and O–H groups in total. The molecule has 0 aliphatic heterocycles. The molecule has 2 aromatic carbocycles. The Labute approximate surface area is 177 Å². The first-order valence-corrected chi connectivity index (χ1v) is 9.74.